The van der Waals surface area contributed by atoms with E-state index in [0.717, 1.165) is 19.4 Å². The Bertz CT molecular complexity index is 372. The van der Waals surface area contributed by atoms with Gasteiger partial charge in [0.1, 0.15) is 0 Å². The molecule has 4 nitrogen and oxygen atoms in total. The van der Waals surface area contributed by atoms with Gasteiger partial charge in [-0.25, -0.2) is 0 Å². The molecular formula is C14H21N3O. The molecule has 1 atom stereocenters. The van der Waals surface area contributed by atoms with E-state index in [1.54, 1.807) is 0 Å². The molecule has 1 aromatic rings. The number of pyridine rings is 1. The van der Waals surface area contributed by atoms with Crippen molar-refractivity contribution in [3.8, 4) is 0 Å². The molecule has 1 N–H and O–H groups in total. The van der Waals surface area contributed by atoms with Gasteiger partial charge in [0.2, 0.25) is 5.91 Å². The quantitative estimate of drug-likeness (QED) is 0.822. The van der Waals surface area contributed by atoms with Crippen molar-refractivity contribution in [3.05, 3.63) is 30.1 Å². The summed E-state index contributed by atoms with van der Waals surface area (Å²) >= 11 is 0. The lowest BCUT2D eigenvalue weighted by atomic mass is 10.1. The van der Waals surface area contributed by atoms with Gasteiger partial charge in [0, 0.05) is 31.4 Å². The highest BCUT2D eigenvalue weighted by molar-refractivity contribution is 5.77. The largest absolute Gasteiger partial charge is 0.356 e. The zero-order chi connectivity index (χ0) is 12.8. The summed E-state index contributed by atoms with van der Waals surface area (Å²) < 4.78 is 0. The van der Waals surface area contributed by atoms with Crippen molar-refractivity contribution in [3.63, 3.8) is 0 Å². The summed E-state index contributed by atoms with van der Waals surface area (Å²) in [5.74, 6) is 0.204. The highest BCUT2D eigenvalue weighted by Crippen LogP contribution is 2.29. The predicted octanol–water partition coefficient (Wildman–Crippen LogP) is 1.74. The van der Waals surface area contributed by atoms with Crippen LogP contribution in [0.1, 0.15) is 37.3 Å². The second-order valence-electron chi connectivity index (χ2n) is 4.88. The van der Waals surface area contributed by atoms with Crippen molar-refractivity contribution in [2.75, 3.05) is 20.1 Å². The van der Waals surface area contributed by atoms with E-state index >= 15 is 0 Å². The summed E-state index contributed by atoms with van der Waals surface area (Å²) in [5.41, 5.74) is 1.36. The average molecular weight is 247 g/mol. The van der Waals surface area contributed by atoms with Gasteiger partial charge in [-0.2, -0.15) is 0 Å². The first kappa shape index (κ1) is 13.0. The van der Waals surface area contributed by atoms with Gasteiger partial charge in [-0.3, -0.25) is 14.7 Å². The highest BCUT2D eigenvalue weighted by Gasteiger charge is 2.21. The molecule has 2 aliphatic rings. The summed E-state index contributed by atoms with van der Waals surface area (Å²) in [6.45, 7) is 2.11. The van der Waals surface area contributed by atoms with Crippen molar-refractivity contribution in [2.24, 2.45) is 0 Å². The molecule has 0 aromatic carbocycles. The van der Waals surface area contributed by atoms with Crippen molar-refractivity contribution in [2.45, 2.75) is 31.7 Å². The maximum Gasteiger partial charge on any atom is 0.220 e. The number of carbonyl (C=O) groups is 1. The van der Waals surface area contributed by atoms with E-state index in [1.807, 2.05) is 18.5 Å². The molecule has 4 heteroatoms. The molecule has 0 spiro atoms. The molecule has 0 radical (unpaired) electrons. The van der Waals surface area contributed by atoms with Crippen LogP contribution in [0.2, 0.25) is 0 Å². The van der Waals surface area contributed by atoms with Crippen molar-refractivity contribution >= 4 is 5.91 Å². The molecule has 2 aliphatic heterocycles. The van der Waals surface area contributed by atoms with Crippen molar-refractivity contribution in [1.29, 1.82) is 0 Å². The number of nitrogens with one attached hydrogen (secondary N) is 1. The Morgan fingerprint density at radius 3 is 2.78 bits per heavy atom. The van der Waals surface area contributed by atoms with E-state index in [4.69, 9.17) is 0 Å². The summed E-state index contributed by atoms with van der Waals surface area (Å²) in [4.78, 5) is 16.7. The Morgan fingerprint density at radius 1 is 1.44 bits per heavy atom. The van der Waals surface area contributed by atoms with Gasteiger partial charge in [0.25, 0.3) is 0 Å². The molecule has 2 saturated heterocycles. The third-order valence-electron chi connectivity index (χ3n) is 3.49. The van der Waals surface area contributed by atoms with Gasteiger partial charge in [-0.05, 0) is 44.5 Å². The fraction of sp³-hybridized carbons (Fsp3) is 0.571. The van der Waals surface area contributed by atoms with Crippen molar-refractivity contribution < 1.29 is 4.79 Å². The fourth-order valence-electron chi connectivity index (χ4n) is 2.47. The smallest absolute Gasteiger partial charge is 0.220 e. The molecule has 0 aliphatic carbocycles. The molecule has 98 valence electrons. The van der Waals surface area contributed by atoms with E-state index in [9.17, 15) is 4.79 Å². The fourth-order valence-corrected chi connectivity index (χ4v) is 2.47. The van der Waals surface area contributed by atoms with Crippen LogP contribution in [0.4, 0.5) is 0 Å². The van der Waals surface area contributed by atoms with Crippen LogP contribution in [0.3, 0.4) is 0 Å². The van der Waals surface area contributed by atoms with Gasteiger partial charge >= 0.3 is 0 Å². The molecule has 2 fully saturated rings. The summed E-state index contributed by atoms with van der Waals surface area (Å²) in [7, 11) is 2.19. The number of hydrogen-bond donors (Lipinski definition) is 1. The number of aromatic nitrogens is 1. The summed E-state index contributed by atoms with van der Waals surface area (Å²) in [5, 5.41) is 2.68. The van der Waals surface area contributed by atoms with E-state index in [2.05, 4.69) is 28.3 Å². The lowest BCUT2D eigenvalue weighted by molar-refractivity contribution is -0.119. The lowest BCUT2D eigenvalue weighted by Crippen LogP contribution is -2.17. The minimum Gasteiger partial charge on any atom is -0.356 e. The van der Waals surface area contributed by atoms with Gasteiger partial charge in [-0.1, -0.05) is 6.07 Å². The Kier molecular flexibility index (Phi) is 4.70. The lowest BCUT2D eigenvalue weighted by Gasteiger charge is -2.18. The Morgan fingerprint density at radius 2 is 2.33 bits per heavy atom. The van der Waals surface area contributed by atoms with Crippen LogP contribution in [0, 0.1) is 0 Å². The Labute approximate surface area is 108 Å². The summed E-state index contributed by atoms with van der Waals surface area (Å²) in [6, 6.07) is 4.79. The monoisotopic (exact) mass is 247 g/mol. The van der Waals surface area contributed by atoms with Crippen LogP contribution in [-0.2, 0) is 4.79 Å². The molecule has 1 aromatic heterocycles. The maximum absolute atomic E-state index is 10.1. The highest BCUT2D eigenvalue weighted by atomic mass is 16.1. The molecule has 18 heavy (non-hydrogen) atoms. The van der Waals surface area contributed by atoms with Crippen LogP contribution in [-0.4, -0.2) is 35.9 Å². The minimum atomic E-state index is 0.204. The molecule has 0 saturated carbocycles. The molecular weight excluding hydrogens is 226 g/mol. The van der Waals surface area contributed by atoms with Gasteiger partial charge in [-0.15, -0.1) is 0 Å². The van der Waals surface area contributed by atoms with Crippen LogP contribution in [0.15, 0.2) is 24.5 Å². The van der Waals surface area contributed by atoms with Gasteiger partial charge in [0.05, 0.1) is 0 Å². The van der Waals surface area contributed by atoms with E-state index in [0.29, 0.717) is 6.04 Å². The zero-order valence-corrected chi connectivity index (χ0v) is 10.9. The summed E-state index contributed by atoms with van der Waals surface area (Å²) in [6.07, 6.45) is 8.17. The standard InChI is InChI=1S/C10H14N2.C4H7NO/c1-12-7-3-5-10(12)9-4-2-6-11-8-9;6-4-2-1-3-5-4/h2,4,6,8,10H,3,5,7H2,1H3;1-3H2,(H,5,6). The molecule has 0 bridgehead atoms. The third-order valence-corrected chi connectivity index (χ3v) is 3.49. The van der Waals surface area contributed by atoms with Gasteiger partial charge < -0.3 is 5.32 Å². The van der Waals surface area contributed by atoms with E-state index in [1.165, 1.54) is 24.9 Å². The normalized spacial score (nSPS) is 23.4. The predicted molar refractivity (Wildman–Crippen MR) is 71.1 cm³/mol. The SMILES string of the molecule is CN1CCCC1c1cccnc1.O=C1CCCN1. The second-order valence-corrected chi connectivity index (χ2v) is 4.88. The molecule has 1 amide bonds. The topological polar surface area (TPSA) is 45.2 Å². The Balaban J connectivity index is 0.000000169. The number of nitrogens with zero attached hydrogens (tertiary/aromatic N) is 2. The minimum absolute atomic E-state index is 0.204. The number of carbonyl (C=O) groups excluding carboxylic acids is 1. The maximum atomic E-state index is 10.1. The van der Waals surface area contributed by atoms with Crippen molar-refractivity contribution in [1.82, 2.24) is 15.2 Å². The number of likely N-dealkylation sites (tertiary alicyclic amines) is 1. The van der Waals surface area contributed by atoms with E-state index in [-0.39, 0.29) is 5.91 Å². The molecule has 3 rings (SSSR count). The van der Waals surface area contributed by atoms with Crippen LogP contribution in [0.5, 0.6) is 0 Å². The number of rotatable bonds is 1. The van der Waals surface area contributed by atoms with Crippen LogP contribution in [0.25, 0.3) is 0 Å². The zero-order valence-electron chi connectivity index (χ0n) is 10.9. The van der Waals surface area contributed by atoms with E-state index < -0.39 is 0 Å². The average Bonchev–Trinajstić information content (AvgIpc) is 3.02. The number of amides is 1. The first-order valence-electron chi connectivity index (χ1n) is 6.64. The molecule has 3 heterocycles. The van der Waals surface area contributed by atoms with Crippen LogP contribution < -0.4 is 5.32 Å². The van der Waals surface area contributed by atoms with Gasteiger partial charge in [0.15, 0.2) is 0 Å². The second kappa shape index (κ2) is 6.50. The first-order valence-corrected chi connectivity index (χ1v) is 6.64. The molecule has 1 unspecified atom stereocenters. The first-order chi connectivity index (χ1) is 8.77. The number of hydrogen-bond acceptors (Lipinski definition) is 3. The Hall–Kier alpha value is -1.42. The van der Waals surface area contributed by atoms with Crippen LogP contribution >= 0.6 is 0 Å². The third kappa shape index (κ3) is 3.53.